The smallest absolute Gasteiger partial charge is 0.191 e. The predicted molar refractivity (Wildman–Crippen MR) is 102 cm³/mol. The van der Waals surface area contributed by atoms with Gasteiger partial charge >= 0.3 is 0 Å². The molecule has 3 aromatic rings. The fraction of sp³-hybridized carbons (Fsp3) is 0.263. The molecule has 7 heteroatoms. The minimum atomic E-state index is -0.303. The van der Waals surface area contributed by atoms with Gasteiger partial charge < -0.3 is 9.30 Å². The van der Waals surface area contributed by atoms with E-state index in [2.05, 4.69) is 10.2 Å². The Morgan fingerprint density at radius 1 is 1.15 bits per heavy atom. The molecule has 0 aliphatic carbocycles. The van der Waals surface area contributed by atoms with Crippen LogP contribution in [0.5, 0.6) is 5.75 Å². The van der Waals surface area contributed by atoms with E-state index in [0.29, 0.717) is 11.5 Å². The Balaban J connectivity index is 1.72. The van der Waals surface area contributed by atoms with Crippen LogP contribution in [-0.2, 0) is 12.3 Å². The second-order valence-electron chi connectivity index (χ2n) is 5.68. The molecule has 0 saturated heterocycles. The monoisotopic (exact) mass is 391 g/mol. The quantitative estimate of drug-likeness (QED) is 0.497. The third-order valence-corrected chi connectivity index (χ3v) is 5.25. The number of halogens is 2. The van der Waals surface area contributed by atoms with Crippen LogP contribution in [0.3, 0.4) is 0 Å². The highest BCUT2D eigenvalue weighted by molar-refractivity contribution is 7.98. The van der Waals surface area contributed by atoms with Gasteiger partial charge in [0.25, 0.3) is 0 Å². The zero-order chi connectivity index (χ0) is 18.5. The summed E-state index contributed by atoms with van der Waals surface area (Å²) in [5.41, 5.74) is 1.06. The van der Waals surface area contributed by atoms with Crippen LogP contribution in [0.15, 0.2) is 53.7 Å². The maximum atomic E-state index is 13.0. The van der Waals surface area contributed by atoms with Crippen molar-refractivity contribution in [2.45, 2.75) is 37.4 Å². The number of aromatic nitrogens is 3. The Kier molecular flexibility index (Phi) is 6.16. The Morgan fingerprint density at radius 3 is 2.58 bits per heavy atom. The Labute approximate surface area is 161 Å². The first-order chi connectivity index (χ1) is 12.6. The molecule has 26 heavy (non-hydrogen) atoms. The number of nitrogens with zero attached hydrogens (tertiary/aromatic N) is 3. The van der Waals surface area contributed by atoms with E-state index < -0.39 is 0 Å². The lowest BCUT2D eigenvalue weighted by molar-refractivity contribution is 0.209. The van der Waals surface area contributed by atoms with Gasteiger partial charge in [0.05, 0.1) is 0 Å². The van der Waals surface area contributed by atoms with Crippen LogP contribution in [-0.4, -0.2) is 14.8 Å². The molecule has 2 aromatic carbocycles. The molecule has 136 valence electrons. The number of thioether (sulfide) groups is 1. The molecule has 0 amide bonds. The molecule has 3 rings (SSSR count). The fourth-order valence-electron chi connectivity index (χ4n) is 2.53. The standard InChI is InChI=1S/C19H19ClFN3OS/c1-3-24-18(13(2)25-16-10-8-15(21)9-11-16)22-23-19(24)26-12-14-6-4-5-7-17(14)20/h4-11,13H,3,12H2,1-2H3. The van der Waals surface area contributed by atoms with Gasteiger partial charge in [0, 0.05) is 17.3 Å². The maximum Gasteiger partial charge on any atom is 0.191 e. The van der Waals surface area contributed by atoms with Crippen molar-refractivity contribution in [2.75, 3.05) is 0 Å². The molecule has 0 fully saturated rings. The third-order valence-electron chi connectivity index (χ3n) is 3.87. The number of ether oxygens (including phenoxy) is 1. The van der Waals surface area contributed by atoms with Crippen molar-refractivity contribution in [1.29, 1.82) is 0 Å². The normalized spacial score (nSPS) is 12.2. The van der Waals surface area contributed by atoms with E-state index in [4.69, 9.17) is 16.3 Å². The highest BCUT2D eigenvalue weighted by atomic mass is 35.5. The molecule has 0 saturated carbocycles. The van der Waals surface area contributed by atoms with Crippen molar-refractivity contribution in [2.24, 2.45) is 0 Å². The molecule has 0 aliphatic rings. The van der Waals surface area contributed by atoms with Crippen LogP contribution < -0.4 is 4.74 Å². The first kappa shape index (κ1) is 18.7. The van der Waals surface area contributed by atoms with E-state index in [1.54, 1.807) is 23.9 Å². The summed E-state index contributed by atoms with van der Waals surface area (Å²) >= 11 is 7.80. The largest absolute Gasteiger partial charge is 0.483 e. The van der Waals surface area contributed by atoms with Crippen molar-refractivity contribution in [1.82, 2.24) is 14.8 Å². The average molecular weight is 392 g/mol. The molecule has 0 bridgehead atoms. The lowest BCUT2D eigenvalue weighted by atomic mass is 10.2. The third kappa shape index (κ3) is 4.37. The number of rotatable bonds is 7. The molecule has 0 aliphatic heterocycles. The van der Waals surface area contributed by atoms with Gasteiger partial charge in [-0.1, -0.05) is 41.6 Å². The fourth-order valence-corrected chi connectivity index (χ4v) is 3.83. The molecule has 0 radical (unpaired) electrons. The van der Waals surface area contributed by atoms with E-state index >= 15 is 0 Å². The summed E-state index contributed by atoms with van der Waals surface area (Å²) in [6.45, 7) is 4.67. The lowest BCUT2D eigenvalue weighted by Crippen LogP contribution is -2.12. The van der Waals surface area contributed by atoms with Gasteiger partial charge in [0.1, 0.15) is 11.6 Å². The van der Waals surface area contributed by atoms with Crippen LogP contribution in [0.4, 0.5) is 4.39 Å². The maximum absolute atomic E-state index is 13.0. The first-order valence-electron chi connectivity index (χ1n) is 8.30. The molecule has 1 aromatic heterocycles. The lowest BCUT2D eigenvalue weighted by Gasteiger charge is -2.15. The second kappa shape index (κ2) is 8.56. The highest BCUT2D eigenvalue weighted by Crippen LogP contribution is 2.28. The molecule has 0 spiro atoms. The Morgan fingerprint density at radius 2 is 1.88 bits per heavy atom. The van der Waals surface area contributed by atoms with Gasteiger partial charge in [-0.05, 0) is 49.7 Å². The van der Waals surface area contributed by atoms with E-state index in [9.17, 15) is 4.39 Å². The molecule has 0 N–H and O–H groups in total. The zero-order valence-electron chi connectivity index (χ0n) is 14.5. The summed E-state index contributed by atoms with van der Waals surface area (Å²) in [6, 6.07) is 13.7. The molecular weight excluding hydrogens is 373 g/mol. The minimum absolute atomic E-state index is 0.292. The van der Waals surface area contributed by atoms with Crippen molar-refractivity contribution >= 4 is 23.4 Å². The number of hydrogen-bond acceptors (Lipinski definition) is 4. The van der Waals surface area contributed by atoms with Gasteiger partial charge in [-0.25, -0.2) is 4.39 Å². The van der Waals surface area contributed by atoms with E-state index in [1.165, 1.54) is 12.1 Å². The van der Waals surface area contributed by atoms with Crippen molar-refractivity contribution in [3.63, 3.8) is 0 Å². The summed E-state index contributed by atoms with van der Waals surface area (Å²) in [5, 5.41) is 10.2. The number of hydrogen-bond donors (Lipinski definition) is 0. The van der Waals surface area contributed by atoms with Gasteiger partial charge in [0.15, 0.2) is 17.1 Å². The summed E-state index contributed by atoms with van der Waals surface area (Å²) in [5.74, 6) is 1.75. The summed E-state index contributed by atoms with van der Waals surface area (Å²) in [4.78, 5) is 0. The van der Waals surface area contributed by atoms with Crippen LogP contribution >= 0.6 is 23.4 Å². The summed E-state index contributed by atoms with van der Waals surface area (Å²) in [7, 11) is 0. The van der Waals surface area contributed by atoms with E-state index in [-0.39, 0.29) is 11.9 Å². The molecular formula is C19H19ClFN3OS. The minimum Gasteiger partial charge on any atom is -0.483 e. The predicted octanol–water partition coefficient (Wildman–Crippen LogP) is 5.52. The average Bonchev–Trinajstić information content (AvgIpc) is 3.06. The molecule has 1 atom stereocenters. The van der Waals surface area contributed by atoms with E-state index in [0.717, 1.165) is 28.1 Å². The van der Waals surface area contributed by atoms with E-state index in [1.807, 2.05) is 42.7 Å². The van der Waals surface area contributed by atoms with Crippen molar-refractivity contribution < 1.29 is 9.13 Å². The summed E-state index contributed by atoms with van der Waals surface area (Å²) < 4.78 is 20.9. The van der Waals surface area contributed by atoms with Crippen LogP contribution in [0.25, 0.3) is 0 Å². The summed E-state index contributed by atoms with van der Waals surface area (Å²) in [6.07, 6.45) is -0.303. The van der Waals surface area contributed by atoms with Crippen LogP contribution in [0.1, 0.15) is 31.3 Å². The topological polar surface area (TPSA) is 39.9 Å². The number of benzene rings is 2. The Hall–Kier alpha value is -2.05. The molecule has 1 unspecified atom stereocenters. The second-order valence-corrected chi connectivity index (χ2v) is 7.03. The van der Waals surface area contributed by atoms with Gasteiger partial charge in [0.2, 0.25) is 0 Å². The van der Waals surface area contributed by atoms with Crippen LogP contribution in [0, 0.1) is 5.82 Å². The molecule has 1 heterocycles. The SMILES string of the molecule is CCn1c(SCc2ccccc2Cl)nnc1C(C)Oc1ccc(F)cc1. The zero-order valence-corrected chi connectivity index (χ0v) is 16.1. The van der Waals surface area contributed by atoms with Crippen LogP contribution in [0.2, 0.25) is 5.02 Å². The highest BCUT2D eigenvalue weighted by Gasteiger charge is 2.19. The van der Waals surface area contributed by atoms with Gasteiger partial charge in [-0.3, -0.25) is 0 Å². The first-order valence-corrected chi connectivity index (χ1v) is 9.66. The van der Waals surface area contributed by atoms with Gasteiger partial charge in [-0.2, -0.15) is 0 Å². The Bertz CT molecular complexity index is 869. The van der Waals surface area contributed by atoms with Crippen molar-refractivity contribution in [3.05, 3.63) is 70.8 Å². The van der Waals surface area contributed by atoms with Crippen molar-refractivity contribution in [3.8, 4) is 5.75 Å². The van der Waals surface area contributed by atoms with Gasteiger partial charge in [-0.15, -0.1) is 10.2 Å². The molecule has 4 nitrogen and oxygen atoms in total.